The molecule has 1 saturated heterocycles. The van der Waals surface area contributed by atoms with Crippen LogP contribution < -0.4 is 15.6 Å². The van der Waals surface area contributed by atoms with Crippen LogP contribution in [0.15, 0.2) is 52.2 Å². The van der Waals surface area contributed by atoms with Gasteiger partial charge in [0.1, 0.15) is 10.6 Å². The van der Waals surface area contributed by atoms with E-state index in [1.54, 1.807) is 44.2 Å². The molecule has 11 heteroatoms. The van der Waals surface area contributed by atoms with E-state index in [1.165, 1.54) is 28.2 Å². The largest absolute Gasteiger partial charge is 0.495 e. The summed E-state index contributed by atoms with van der Waals surface area (Å²) in [5.41, 5.74) is 0.0357. The molecule has 4 rings (SSSR count). The van der Waals surface area contributed by atoms with Crippen molar-refractivity contribution in [1.29, 1.82) is 0 Å². The molecule has 1 aliphatic rings. The summed E-state index contributed by atoms with van der Waals surface area (Å²) >= 11 is 0. The van der Waals surface area contributed by atoms with Crippen LogP contribution in [0.1, 0.15) is 30.4 Å². The topological polar surface area (TPSA) is 120 Å². The van der Waals surface area contributed by atoms with Crippen molar-refractivity contribution in [2.75, 3.05) is 38.7 Å². The molecule has 0 aliphatic carbocycles. The van der Waals surface area contributed by atoms with Crippen molar-refractivity contribution in [1.82, 2.24) is 14.1 Å². The maximum Gasteiger partial charge on any atom is 0.276 e. The number of morpholine rings is 1. The minimum atomic E-state index is -3.87. The second kappa shape index (κ2) is 9.53. The monoisotopic (exact) mass is 486 g/mol. The Kier molecular flexibility index (Phi) is 6.69. The molecule has 10 nitrogen and oxygen atoms in total. The maximum atomic E-state index is 13.2. The number of hydrogen-bond acceptors (Lipinski definition) is 7. The molecule has 0 saturated carbocycles. The van der Waals surface area contributed by atoms with Crippen LogP contribution in [0.25, 0.3) is 10.8 Å². The SMILES string of the molecule is COc1ccc(NC(=O)c2nn(C(C)C)c(=O)c3ccccc23)cc1S(=O)(=O)N1CCOCC1. The molecular weight excluding hydrogens is 460 g/mol. The van der Waals surface area contributed by atoms with Crippen molar-refractivity contribution in [3.63, 3.8) is 0 Å². The smallest absolute Gasteiger partial charge is 0.276 e. The number of fused-ring (bicyclic) bond motifs is 1. The van der Waals surface area contributed by atoms with E-state index >= 15 is 0 Å². The standard InChI is InChI=1S/C23H26N4O6S/c1-15(2)27-23(29)18-7-5-4-6-17(18)21(25-27)22(28)24-16-8-9-19(32-3)20(14-16)34(30,31)26-10-12-33-13-11-26/h4-9,14-15H,10-13H2,1-3H3,(H,24,28). The van der Waals surface area contributed by atoms with Crippen molar-refractivity contribution in [3.8, 4) is 5.75 Å². The summed E-state index contributed by atoms with van der Waals surface area (Å²) < 4.78 is 39.6. The highest BCUT2D eigenvalue weighted by Gasteiger charge is 2.30. The van der Waals surface area contributed by atoms with Gasteiger partial charge < -0.3 is 14.8 Å². The first-order chi connectivity index (χ1) is 16.2. The quantitative estimate of drug-likeness (QED) is 0.567. The van der Waals surface area contributed by atoms with E-state index in [2.05, 4.69) is 10.4 Å². The van der Waals surface area contributed by atoms with Crippen LogP contribution in [0.3, 0.4) is 0 Å². The lowest BCUT2D eigenvalue weighted by atomic mass is 10.1. The van der Waals surface area contributed by atoms with Crippen LogP contribution in [0.5, 0.6) is 5.75 Å². The highest BCUT2D eigenvalue weighted by molar-refractivity contribution is 7.89. The molecule has 2 heterocycles. The molecule has 34 heavy (non-hydrogen) atoms. The number of nitrogens with one attached hydrogen (secondary N) is 1. The predicted molar refractivity (Wildman–Crippen MR) is 127 cm³/mol. The van der Waals surface area contributed by atoms with Crippen LogP contribution in [-0.2, 0) is 14.8 Å². The second-order valence-corrected chi connectivity index (χ2v) is 9.98. The molecule has 0 radical (unpaired) electrons. The van der Waals surface area contributed by atoms with Gasteiger partial charge in [0.25, 0.3) is 11.5 Å². The summed E-state index contributed by atoms with van der Waals surface area (Å²) in [7, 11) is -2.48. The number of aromatic nitrogens is 2. The molecule has 180 valence electrons. The summed E-state index contributed by atoms with van der Waals surface area (Å²) in [6, 6.07) is 10.9. The summed E-state index contributed by atoms with van der Waals surface area (Å²) in [4.78, 5) is 25.9. The second-order valence-electron chi connectivity index (χ2n) is 8.07. The number of carbonyl (C=O) groups is 1. The van der Waals surface area contributed by atoms with Crippen molar-refractivity contribution in [2.45, 2.75) is 24.8 Å². The zero-order chi connectivity index (χ0) is 24.5. The van der Waals surface area contributed by atoms with E-state index in [0.29, 0.717) is 24.0 Å². The highest BCUT2D eigenvalue weighted by atomic mass is 32.2. The van der Waals surface area contributed by atoms with Crippen molar-refractivity contribution in [3.05, 3.63) is 58.5 Å². The number of sulfonamides is 1. The lowest BCUT2D eigenvalue weighted by Gasteiger charge is -2.26. The van der Waals surface area contributed by atoms with Gasteiger partial charge in [-0.25, -0.2) is 13.1 Å². The molecule has 0 bridgehead atoms. The van der Waals surface area contributed by atoms with E-state index in [9.17, 15) is 18.0 Å². The summed E-state index contributed by atoms with van der Waals surface area (Å²) in [6.45, 7) is 4.68. The van der Waals surface area contributed by atoms with Crippen molar-refractivity contribution >= 4 is 32.4 Å². The number of anilines is 1. The van der Waals surface area contributed by atoms with Crippen LogP contribution in [0.4, 0.5) is 5.69 Å². The van der Waals surface area contributed by atoms with Gasteiger partial charge in [0.2, 0.25) is 10.0 Å². The predicted octanol–water partition coefficient (Wildman–Crippen LogP) is 2.26. The first-order valence-corrected chi connectivity index (χ1v) is 12.3. The molecule has 1 N–H and O–H groups in total. The Hall–Kier alpha value is -3.28. The summed E-state index contributed by atoms with van der Waals surface area (Å²) in [5, 5.41) is 7.81. The Morgan fingerprint density at radius 1 is 1.12 bits per heavy atom. The fourth-order valence-electron chi connectivity index (χ4n) is 3.80. The molecule has 0 unspecified atom stereocenters. The lowest BCUT2D eigenvalue weighted by Crippen LogP contribution is -2.40. The summed E-state index contributed by atoms with van der Waals surface area (Å²) in [5.74, 6) is -0.396. The fraction of sp³-hybridized carbons (Fsp3) is 0.348. The molecule has 1 amide bonds. The maximum absolute atomic E-state index is 13.2. The number of amides is 1. The molecule has 2 aromatic carbocycles. The molecule has 1 aliphatic heterocycles. The van der Waals surface area contributed by atoms with Gasteiger partial charge >= 0.3 is 0 Å². The van der Waals surface area contributed by atoms with Crippen LogP contribution in [0, 0.1) is 0 Å². The van der Waals surface area contributed by atoms with Gasteiger partial charge in [0.15, 0.2) is 5.69 Å². The van der Waals surface area contributed by atoms with Gasteiger partial charge in [0.05, 0.1) is 31.8 Å². The van der Waals surface area contributed by atoms with Gasteiger partial charge in [-0.3, -0.25) is 9.59 Å². The molecule has 3 aromatic rings. The first kappa shape index (κ1) is 23.9. The van der Waals surface area contributed by atoms with Gasteiger partial charge in [-0.2, -0.15) is 9.40 Å². The first-order valence-electron chi connectivity index (χ1n) is 10.8. The van der Waals surface area contributed by atoms with E-state index in [0.717, 1.165) is 0 Å². The third-order valence-electron chi connectivity index (χ3n) is 5.54. The van der Waals surface area contributed by atoms with Crippen molar-refractivity contribution in [2.24, 2.45) is 0 Å². The zero-order valence-corrected chi connectivity index (χ0v) is 20.0. The normalized spacial score (nSPS) is 14.9. The fourth-order valence-corrected chi connectivity index (χ4v) is 5.39. The third kappa shape index (κ3) is 4.41. The molecule has 0 spiro atoms. The van der Waals surface area contributed by atoms with E-state index in [-0.39, 0.29) is 46.7 Å². The average Bonchev–Trinajstić information content (AvgIpc) is 2.84. The molecule has 0 atom stereocenters. The van der Waals surface area contributed by atoms with E-state index in [4.69, 9.17) is 9.47 Å². The van der Waals surface area contributed by atoms with Crippen LogP contribution in [-0.4, -0.2) is 61.8 Å². The number of ether oxygens (including phenoxy) is 2. The molecular formula is C23H26N4O6S. The Labute approximate surface area is 197 Å². The Bertz CT molecular complexity index is 1390. The number of carbonyl (C=O) groups excluding carboxylic acids is 1. The molecule has 1 aromatic heterocycles. The lowest BCUT2D eigenvalue weighted by molar-refractivity contribution is 0.0729. The molecule has 1 fully saturated rings. The van der Waals surface area contributed by atoms with Gasteiger partial charge in [-0.1, -0.05) is 18.2 Å². The van der Waals surface area contributed by atoms with Gasteiger partial charge in [-0.15, -0.1) is 0 Å². The van der Waals surface area contributed by atoms with E-state index < -0.39 is 15.9 Å². The van der Waals surface area contributed by atoms with Crippen LogP contribution >= 0.6 is 0 Å². The number of rotatable bonds is 6. The minimum Gasteiger partial charge on any atom is -0.495 e. The average molecular weight is 487 g/mol. The van der Waals surface area contributed by atoms with Crippen molar-refractivity contribution < 1.29 is 22.7 Å². The van der Waals surface area contributed by atoms with Gasteiger partial charge in [0, 0.05) is 24.2 Å². The Balaban J connectivity index is 1.74. The Morgan fingerprint density at radius 2 is 1.79 bits per heavy atom. The number of benzene rings is 2. The van der Waals surface area contributed by atoms with Gasteiger partial charge in [-0.05, 0) is 38.1 Å². The number of nitrogens with zero attached hydrogens (tertiary/aromatic N) is 3. The number of hydrogen-bond donors (Lipinski definition) is 1. The minimum absolute atomic E-state index is 0.0559. The summed E-state index contributed by atoms with van der Waals surface area (Å²) in [6.07, 6.45) is 0. The Morgan fingerprint density at radius 3 is 2.44 bits per heavy atom. The van der Waals surface area contributed by atoms with E-state index in [1.807, 2.05) is 0 Å². The third-order valence-corrected chi connectivity index (χ3v) is 7.46. The zero-order valence-electron chi connectivity index (χ0n) is 19.1. The highest BCUT2D eigenvalue weighted by Crippen LogP contribution is 2.30. The number of methoxy groups -OCH3 is 1. The van der Waals surface area contributed by atoms with Crippen LogP contribution in [0.2, 0.25) is 0 Å².